The molecule has 0 heterocycles. The first-order valence-electron chi connectivity index (χ1n) is 9.59. The van der Waals surface area contributed by atoms with Gasteiger partial charge in [0, 0.05) is 23.0 Å². The number of hydrogen-bond acceptors (Lipinski definition) is 6. The van der Waals surface area contributed by atoms with E-state index in [9.17, 15) is 13.2 Å². The number of hydrazine groups is 1. The zero-order chi connectivity index (χ0) is 23.8. The van der Waals surface area contributed by atoms with Crippen molar-refractivity contribution in [3.8, 4) is 11.5 Å². The molecule has 0 fully saturated rings. The third-order valence-corrected chi connectivity index (χ3v) is 5.95. The molecule has 9 nitrogen and oxygen atoms in total. The molecule has 0 bridgehead atoms. The number of thiocarbonyl (C=S) groups is 1. The lowest BCUT2D eigenvalue weighted by molar-refractivity contribution is 0.0944. The van der Waals surface area contributed by atoms with Gasteiger partial charge < -0.3 is 14.8 Å². The molecule has 0 aromatic heterocycles. The topological polar surface area (TPSA) is 118 Å². The predicted molar refractivity (Wildman–Crippen MR) is 130 cm³/mol. The smallest absolute Gasteiger partial charge is 0.269 e. The second-order valence-electron chi connectivity index (χ2n) is 6.63. The van der Waals surface area contributed by atoms with Crippen LogP contribution >= 0.6 is 12.2 Å². The molecule has 33 heavy (non-hydrogen) atoms. The van der Waals surface area contributed by atoms with Gasteiger partial charge in [-0.2, -0.15) is 0 Å². The van der Waals surface area contributed by atoms with E-state index < -0.39 is 15.9 Å². The average molecular weight is 487 g/mol. The largest absolute Gasteiger partial charge is 0.497 e. The molecule has 0 saturated heterocycles. The van der Waals surface area contributed by atoms with Gasteiger partial charge in [-0.3, -0.25) is 20.4 Å². The van der Waals surface area contributed by atoms with E-state index in [2.05, 4.69) is 20.9 Å². The average Bonchev–Trinajstić information content (AvgIpc) is 2.83. The number of anilines is 2. The van der Waals surface area contributed by atoms with Crippen molar-refractivity contribution in [1.29, 1.82) is 0 Å². The molecule has 4 N–H and O–H groups in total. The molecule has 3 aromatic rings. The summed E-state index contributed by atoms with van der Waals surface area (Å²) in [6.45, 7) is 0. The lowest BCUT2D eigenvalue weighted by atomic mass is 10.2. The molecule has 3 aromatic carbocycles. The predicted octanol–water partition coefficient (Wildman–Crippen LogP) is 3.14. The van der Waals surface area contributed by atoms with Crippen molar-refractivity contribution >= 4 is 44.6 Å². The first-order valence-corrected chi connectivity index (χ1v) is 11.5. The Bertz CT molecular complexity index is 1250. The molecule has 0 radical (unpaired) electrons. The highest BCUT2D eigenvalue weighted by molar-refractivity contribution is 7.92. The summed E-state index contributed by atoms with van der Waals surface area (Å²) in [5.41, 5.74) is 6.17. The van der Waals surface area contributed by atoms with Gasteiger partial charge in [-0.1, -0.05) is 12.1 Å². The molecule has 0 aliphatic rings. The Labute approximate surface area is 197 Å². The Morgan fingerprint density at radius 1 is 0.818 bits per heavy atom. The third kappa shape index (κ3) is 6.57. The summed E-state index contributed by atoms with van der Waals surface area (Å²) in [6, 6.07) is 19.1. The quantitative estimate of drug-likeness (QED) is 0.297. The van der Waals surface area contributed by atoms with Crippen molar-refractivity contribution in [2.45, 2.75) is 4.90 Å². The van der Waals surface area contributed by atoms with Crippen molar-refractivity contribution in [2.24, 2.45) is 0 Å². The summed E-state index contributed by atoms with van der Waals surface area (Å²) < 4.78 is 38.1. The van der Waals surface area contributed by atoms with Crippen LogP contribution in [0.15, 0.2) is 77.7 Å². The maximum atomic E-state index is 12.7. The minimum absolute atomic E-state index is 0.0666. The lowest BCUT2D eigenvalue weighted by Crippen LogP contribution is -2.43. The minimum atomic E-state index is -3.91. The Hall–Kier alpha value is -3.83. The van der Waals surface area contributed by atoms with Crippen LogP contribution in [0.1, 0.15) is 10.4 Å². The lowest BCUT2D eigenvalue weighted by Gasteiger charge is -2.13. The Kier molecular flexibility index (Phi) is 7.70. The van der Waals surface area contributed by atoms with Gasteiger partial charge in [-0.25, -0.2) is 8.42 Å². The molecule has 3 rings (SSSR count). The van der Waals surface area contributed by atoms with E-state index in [1.165, 1.54) is 31.4 Å². The summed E-state index contributed by atoms with van der Waals surface area (Å²) in [5, 5.41) is 3.05. The summed E-state index contributed by atoms with van der Waals surface area (Å²) in [6.07, 6.45) is 0. The molecule has 1 amide bonds. The van der Waals surface area contributed by atoms with Crippen LogP contribution in [0.5, 0.6) is 11.5 Å². The summed E-state index contributed by atoms with van der Waals surface area (Å²) in [5.74, 6) is 0.683. The number of hydrogen-bond donors (Lipinski definition) is 4. The Morgan fingerprint density at radius 3 is 2.21 bits per heavy atom. The fourth-order valence-electron chi connectivity index (χ4n) is 2.73. The van der Waals surface area contributed by atoms with Gasteiger partial charge in [0.05, 0.1) is 19.1 Å². The maximum absolute atomic E-state index is 12.7. The number of ether oxygens (including phenoxy) is 2. The van der Waals surface area contributed by atoms with Crippen LogP contribution in [0.2, 0.25) is 0 Å². The fraction of sp³-hybridized carbons (Fsp3) is 0.0909. The monoisotopic (exact) mass is 486 g/mol. The highest BCUT2D eigenvalue weighted by Crippen LogP contribution is 2.20. The van der Waals surface area contributed by atoms with Gasteiger partial charge >= 0.3 is 0 Å². The van der Waals surface area contributed by atoms with Crippen molar-refractivity contribution in [3.05, 3.63) is 78.4 Å². The van der Waals surface area contributed by atoms with Gasteiger partial charge in [-0.15, -0.1) is 0 Å². The minimum Gasteiger partial charge on any atom is -0.497 e. The number of carbonyl (C=O) groups is 1. The first kappa shape index (κ1) is 23.8. The normalized spacial score (nSPS) is 10.6. The van der Waals surface area contributed by atoms with Gasteiger partial charge in [-0.05, 0) is 66.8 Å². The van der Waals surface area contributed by atoms with Crippen molar-refractivity contribution in [2.75, 3.05) is 24.3 Å². The van der Waals surface area contributed by atoms with Crippen LogP contribution < -0.4 is 30.4 Å². The number of rotatable bonds is 7. The first-order chi connectivity index (χ1) is 15.8. The highest BCUT2D eigenvalue weighted by atomic mass is 32.2. The fourth-order valence-corrected chi connectivity index (χ4v) is 4.00. The molecule has 0 saturated carbocycles. The second-order valence-corrected chi connectivity index (χ2v) is 8.72. The van der Waals surface area contributed by atoms with Gasteiger partial charge in [0.15, 0.2) is 5.11 Å². The van der Waals surface area contributed by atoms with E-state index in [1.807, 2.05) is 0 Å². The van der Waals surface area contributed by atoms with Crippen molar-refractivity contribution < 1.29 is 22.7 Å². The zero-order valence-electron chi connectivity index (χ0n) is 17.8. The third-order valence-electron chi connectivity index (χ3n) is 4.37. The summed E-state index contributed by atoms with van der Waals surface area (Å²) >= 11 is 5.17. The van der Waals surface area contributed by atoms with Crippen LogP contribution in [0.25, 0.3) is 0 Å². The molecular formula is C22H22N4O5S2. The molecule has 0 atom stereocenters. The highest BCUT2D eigenvalue weighted by Gasteiger charge is 2.17. The SMILES string of the molecule is COc1ccc(NS(=O)(=O)c2cccc(C(=O)NNC(=S)Nc3cccc(OC)c3)c2)cc1. The van der Waals surface area contributed by atoms with Gasteiger partial charge in [0.25, 0.3) is 15.9 Å². The number of amides is 1. The van der Waals surface area contributed by atoms with Gasteiger partial charge in [0.2, 0.25) is 0 Å². The van der Waals surface area contributed by atoms with Crippen molar-refractivity contribution in [3.63, 3.8) is 0 Å². The van der Waals surface area contributed by atoms with E-state index >= 15 is 0 Å². The molecule has 0 aliphatic carbocycles. The van der Waals surface area contributed by atoms with Crippen LogP contribution in [-0.2, 0) is 10.0 Å². The van der Waals surface area contributed by atoms with E-state index in [0.29, 0.717) is 22.9 Å². The Morgan fingerprint density at radius 2 is 1.52 bits per heavy atom. The van der Waals surface area contributed by atoms with E-state index in [-0.39, 0.29) is 15.6 Å². The maximum Gasteiger partial charge on any atom is 0.269 e. The van der Waals surface area contributed by atoms with Gasteiger partial charge in [0.1, 0.15) is 11.5 Å². The van der Waals surface area contributed by atoms with E-state index in [4.69, 9.17) is 21.7 Å². The summed E-state index contributed by atoms with van der Waals surface area (Å²) in [7, 11) is -0.836. The van der Waals surface area contributed by atoms with E-state index in [1.54, 1.807) is 55.6 Å². The number of sulfonamides is 1. The van der Waals surface area contributed by atoms with Crippen LogP contribution in [0.4, 0.5) is 11.4 Å². The molecular weight excluding hydrogens is 464 g/mol. The summed E-state index contributed by atoms with van der Waals surface area (Å²) in [4.78, 5) is 12.4. The number of methoxy groups -OCH3 is 2. The van der Waals surface area contributed by atoms with Crippen LogP contribution in [-0.4, -0.2) is 33.7 Å². The van der Waals surface area contributed by atoms with Crippen LogP contribution in [0.3, 0.4) is 0 Å². The second kappa shape index (κ2) is 10.7. The standard InChI is InChI=1S/C22H22N4O5S2/c1-30-18-11-9-16(10-12-18)26-33(28,29)20-8-3-5-15(13-20)21(27)24-25-22(32)23-17-6-4-7-19(14-17)31-2/h3-14,26H,1-2H3,(H,24,27)(H2,23,25,32). The molecule has 172 valence electrons. The Balaban J connectivity index is 1.62. The number of benzene rings is 3. The molecule has 11 heteroatoms. The number of nitrogens with one attached hydrogen (secondary N) is 4. The van der Waals surface area contributed by atoms with Crippen molar-refractivity contribution in [1.82, 2.24) is 10.9 Å². The number of carbonyl (C=O) groups excluding carboxylic acids is 1. The van der Waals surface area contributed by atoms with E-state index in [0.717, 1.165) is 0 Å². The zero-order valence-corrected chi connectivity index (χ0v) is 19.4. The molecule has 0 aliphatic heterocycles. The molecule has 0 unspecified atom stereocenters. The van der Waals surface area contributed by atoms with Crippen LogP contribution in [0, 0.1) is 0 Å². The molecule has 0 spiro atoms.